The van der Waals surface area contributed by atoms with E-state index in [9.17, 15) is 4.79 Å². The van der Waals surface area contributed by atoms with Gasteiger partial charge in [-0.3, -0.25) is 0 Å². The number of aromatic nitrogens is 1. The van der Waals surface area contributed by atoms with Gasteiger partial charge in [-0.2, -0.15) is 0 Å². The van der Waals surface area contributed by atoms with Gasteiger partial charge in [0.1, 0.15) is 12.3 Å². The molecule has 0 radical (unpaired) electrons. The van der Waals surface area contributed by atoms with Crippen LogP contribution in [0.4, 0.5) is 0 Å². The maximum absolute atomic E-state index is 12.0. The summed E-state index contributed by atoms with van der Waals surface area (Å²) in [5.74, 6) is 1.10. The normalized spacial score (nSPS) is 11.0. The summed E-state index contributed by atoms with van der Waals surface area (Å²) in [6, 6.07) is 9.02. The molecule has 0 saturated carbocycles. The first-order valence-corrected chi connectivity index (χ1v) is 9.71. The second kappa shape index (κ2) is 9.43. The average molecular weight is 420 g/mol. The maximum atomic E-state index is 12.0. The molecule has 0 spiro atoms. The summed E-state index contributed by atoms with van der Waals surface area (Å²) in [6.45, 7) is 2.35. The van der Waals surface area contributed by atoms with Crippen LogP contribution < -0.4 is 9.47 Å². The number of rotatable bonds is 8. The minimum atomic E-state index is -0.509. The van der Waals surface area contributed by atoms with Crippen molar-refractivity contribution in [3.63, 3.8) is 0 Å². The zero-order valence-electron chi connectivity index (χ0n) is 15.3. The molecule has 3 rings (SSSR count). The predicted octanol–water partition coefficient (Wildman–Crippen LogP) is 5.22. The second-order valence-electron chi connectivity index (χ2n) is 5.57. The highest BCUT2D eigenvalue weighted by Gasteiger charge is 2.11. The molecule has 28 heavy (non-hydrogen) atoms. The first-order valence-electron chi connectivity index (χ1n) is 8.45. The third-order valence-electron chi connectivity index (χ3n) is 3.63. The van der Waals surface area contributed by atoms with E-state index in [1.807, 2.05) is 24.4 Å². The highest BCUT2D eigenvalue weighted by Crippen LogP contribution is 2.36. The second-order valence-corrected chi connectivity index (χ2v) is 6.92. The lowest BCUT2D eigenvalue weighted by atomic mass is 10.2. The summed E-state index contributed by atoms with van der Waals surface area (Å²) < 4.78 is 21.2. The lowest BCUT2D eigenvalue weighted by Crippen LogP contribution is -2.01. The number of hydrogen-bond acceptors (Lipinski definition) is 7. The molecule has 1 aromatic carbocycles. The monoisotopic (exact) mass is 419 g/mol. The summed E-state index contributed by atoms with van der Waals surface area (Å²) in [6.07, 6.45) is 2.91. The Kier molecular flexibility index (Phi) is 6.73. The van der Waals surface area contributed by atoms with Crippen molar-refractivity contribution in [3.8, 4) is 22.1 Å². The summed E-state index contributed by atoms with van der Waals surface area (Å²) in [4.78, 5) is 13.0. The van der Waals surface area contributed by atoms with Gasteiger partial charge in [-0.25, -0.2) is 4.79 Å². The minimum absolute atomic E-state index is 0.0195. The van der Waals surface area contributed by atoms with Crippen LogP contribution in [0.25, 0.3) is 16.7 Å². The molecule has 8 heteroatoms. The van der Waals surface area contributed by atoms with Gasteiger partial charge in [0.25, 0.3) is 0 Å². The Morgan fingerprint density at radius 2 is 2.21 bits per heavy atom. The van der Waals surface area contributed by atoms with Crippen LogP contribution in [0.5, 0.6) is 11.5 Å². The first-order chi connectivity index (χ1) is 13.6. The zero-order valence-corrected chi connectivity index (χ0v) is 16.9. The van der Waals surface area contributed by atoms with Gasteiger partial charge >= 0.3 is 5.97 Å². The largest absolute Gasteiger partial charge is 0.491 e. The van der Waals surface area contributed by atoms with E-state index in [1.165, 1.54) is 13.2 Å². The molecular weight excluding hydrogens is 402 g/mol. The number of esters is 1. The summed E-state index contributed by atoms with van der Waals surface area (Å²) in [5, 5.41) is 6.25. The fraction of sp³-hybridized carbons (Fsp3) is 0.200. The van der Waals surface area contributed by atoms with E-state index < -0.39 is 5.97 Å². The highest BCUT2D eigenvalue weighted by atomic mass is 35.5. The summed E-state index contributed by atoms with van der Waals surface area (Å²) in [5.41, 5.74) is 1.23. The first kappa shape index (κ1) is 20.0. The quantitative estimate of drug-likeness (QED) is 0.368. The molecule has 2 aromatic heterocycles. The molecule has 0 N–H and O–H groups in total. The zero-order chi connectivity index (χ0) is 19.9. The van der Waals surface area contributed by atoms with Gasteiger partial charge in [-0.1, -0.05) is 22.8 Å². The molecule has 0 bridgehead atoms. The van der Waals surface area contributed by atoms with E-state index in [1.54, 1.807) is 35.6 Å². The molecule has 0 aliphatic heterocycles. The third kappa shape index (κ3) is 4.94. The van der Waals surface area contributed by atoms with Crippen LogP contribution in [0.15, 0.2) is 46.3 Å². The van der Waals surface area contributed by atoms with Crippen molar-refractivity contribution < 1.29 is 23.5 Å². The number of thiophene rings is 1. The van der Waals surface area contributed by atoms with Crippen LogP contribution in [0.3, 0.4) is 0 Å². The molecule has 146 valence electrons. The Labute approximate surface area is 171 Å². The Bertz CT molecular complexity index is 965. The molecule has 2 heterocycles. The number of carbonyl (C=O) groups excluding carboxylic acids is 1. The molecule has 0 atom stereocenters. The lowest BCUT2D eigenvalue weighted by molar-refractivity contribution is -0.139. The Hall–Kier alpha value is -2.77. The highest BCUT2D eigenvalue weighted by molar-refractivity contribution is 7.13. The topological polar surface area (TPSA) is 70.8 Å². The summed E-state index contributed by atoms with van der Waals surface area (Å²) in [7, 11) is 1.52. The van der Waals surface area contributed by atoms with Crippen molar-refractivity contribution in [2.75, 3.05) is 13.7 Å². The van der Waals surface area contributed by atoms with Gasteiger partial charge in [0.05, 0.1) is 23.6 Å². The Balaban J connectivity index is 1.61. The van der Waals surface area contributed by atoms with Crippen LogP contribution in [0, 0.1) is 0 Å². The van der Waals surface area contributed by atoms with E-state index in [0.29, 0.717) is 40.1 Å². The summed E-state index contributed by atoms with van der Waals surface area (Å²) >= 11 is 7.74. The van der Waals surface area contributed by atoms with E-state index >= 15 is 0 Å². The van der Waals surface area contributed by atoms with Gasteiger partial charge < -0.3 is 18.7 Å². The number of ether oxygens (including phenoxy) is 3. The molecule has 0 unspecified atom stereocenters. The molecule has 0 amide bonds. The molecular formula is C20H18ClNO5S. The number of nitrogens with zero attached hydrogens (tertiary/aromatic N) is 1. The minimum Gasteiger partial charge on any atom is -0.491 e. The van der Waals surface area contributed by atoms with E-state index in [0.717, 1.165) is 4.88 Å². The smallest absolute Gasteiger partial charge is 0.331 e. The molecule has 0 fully saturated rings. The van der Waals surface area contributed by atoms with Gasteiger partial charge in [0.15, 0.2) is 17.3 Å². The fourth-order valence-corrected chi connectivity index (χ4v) is 3.39. The van der Waals surface area contributed by atoms with Crippen molar-refractivity contribution in [2.45, 2.75) is 13.5 Å². The Morgan fingerprint density at radius 3 is 2.93 bits per heavy atom. The molecule has 6 nitrogen and oxygen atoms in total. The van der Waals surface area contributed by atoms with Gasteiger partial charge in [-0.15, -0.1) is 11.3 Å². The van der Waals surface area contributed by atoms with Crippen molar-refractivity contribution in [1.82, 2.24) is 5.16 Å². The van der Waals surface area contributed by atoms with E-state index in [-0.39, 0.29) is 6.61 Å². The van der Waals surface area contributed by atoms with E-state index in [4.69, 9.17) is 30.3 Å². The SMILES string of the molecule is CCOc1cc(/C=C/C(=O)OCc2cc(-c3cccs3)on2)cc(Cl)c1OC. The third-order valence-corrected chi connectivity index (χ3v) is 4.80. The van der Waals surface area contributed by atoms with Crippen LogP contribution in [-0.4, -0.2) is 24.8 Å². The number of halogens is 1. The predicted molar refractivity (Wildman–Crippen MR) is 108 cm³/mol. The van der Waals surface area contributed by atoms with Crippen molar-refractivity contribution in [2.24, 2.45) is 0 Å². The van der Waals surface area contributed by atoms with Crippen LogP contribution in [-0.2, 0) is 16.1 Å². The van der Waals surface area contributed by atoms with E-state index in [2.05, 4.69) is 5.16 Å². The molecule has 0 aliphatic carbocycles. The molecule has 3 aromatic rings. The van der Waals surface area contributed by atoms with Gasteiger partial charge in [-0.05, 0) is 42.1 Å². The molecule has 0 saturated heterocycles. The number of methoxy groups -OCH3 is 1. The number of benzene rings is 1. The average Bonchev–Trinajstić information content (AvgIpc) is 3.36. The standard InChI is InChI=1S/C20H18ClNO5S/c1-3-25-17-10-13(9-15(21)20(17)24-2)6-7-19(23)26-12-14-11-16(27-22-14)18-5-4-8-28-18/h4-11H,3,12H2,1-2H3/b7-6+. The van der Waals surface area contributed by atoms with Crippen molar-refractivity contribution >= 4 is 35.0 Å². The number of hydrogen-bond donors (Lipinski definition) is 0. The maximum Gasteiger partial charge on any atom is 0.331 e. The van der Waals surface area contributed by atoms with Crippen molar-refractivity contribution in [1.29, 1.82) is 0 Å². The van der Waals surface area contributed by atoms with Gasteiger partial charge in [0.2, 0.25) is 0 Å². The van der Waals surface area contributed by atoms with Crippen LogP contribution >= 0.6 is 22.9 Å². The molecule has 0 aliphatic rings. The lowest BCUT2D eigenvalue weighted by Gasteiger charge is -2.11. The van der Waals surface area contributed by atoms with Crippen LogP contribution in [0.2, 0.25) is 5.02 Å². The Morgan fingerprint density at radius 1 is 1.36 bits per heavy atom. The van der Waals surface area contributed by atoms with Crippen LogP contribution in [0.1, 0.15) is 18.2 Å². The van der Waals surface area contributed by atoms with Crippen molar-refractivity contribution in [3.05, 3.63) is 58.1 Å². The van der Waals surface area contributed by atoms with Gasteiger partial charge in [0, 0.05) is 12.1 Å². The fourth-order valence-electron chi connectivity index (χ4n) is 2.42. The number of carbonyl (C=O) groups is 1.